The third-order valence-corrected chi connectivity index (χ3v) is 5.01. The fourth-order valence-corrected chi connectivity index (χ4v) is 3.43. The zero-order chi connectivity index (χ0) is 16.2. The number of carboxylic acids is 1. The molecule has 1 heterocycles. The number of aliphatic carboxylic acids is 1. The van der Waals surface area contributed by atoms with E-state index in [9.17, 15) is 9.59 Å². The van der Waals surface area contributed by atoms with E-state index in [-0.39, 0.29) is 23.6 Å². The number of likely N-dealkylation sites (tertiary alicyclic amines) is 1. The number of amides is 2. The van der Waals surface area contributed by atoms with Crippen molar-refractivity contribution in [2.45, 2.75) is 64.0 Å². The topological polar surface area (TPSA) is 78.9 Å². The molecule has 0 atom stereocenters. The van der Waals surface area contributed by atoms with Gasteiger partial charge < -0.3 is 20.1 Å². The third-order valence-electron chi connectivity index (χ3n) is 5.01. The minimum atomic E-state index is -0.712. The highest BCUT2D eigenvalue weighted by atomic mass is 16.5. The van der Waals surface area contributed by atoms with E-state index in [0.717, 1.165) is 25.7 Å². The maximum atomic E-state index is 12.3. The van der Waals surface area contributed by atoms with Gasteiger partial charge in [0, 0.05) is 25.7 Å². The van der Waals surface area contributed by atoms with Crippen LogP contribution in [0.1, 0.15) is 52.4 Å². The molecule has 1 aliphatic heterocycles. The summed E-state index contributed by atoms with van der Waals surface area (Å²) in [6.07, 6.45) is 4.55. The molecule has 0 aromatic heterocycles. The van der Waals surface area contributed by atoms with Gasteiger partial charge in [-0.05, 0) is 52.4 Å². The molecule has 0 aromatic carbocycles. The van der Waals surface area contributed by atoms with Crippen molar-refractivity contribution < 1.29 is 19.4 Å². The highest BCUT2D eigenvalue weighted by molar-refractivity contribution is 5.75. The molecule has 0 aromatic rings. The van der Waals surface area contributed by atoms with Crippen LogP contribution in [0.4, 0.5) is 4.79 Å². The first-order valence-corrected chi connectivity index (χ1v) is 8.36. The minimum absolute atomic E-state index is 0.0164. The Morgan fingerprint density at radius 2 is 1.82 bits per heavy atom. The molecule has 2 fully saturated rings. The molecule has 0 bridgehead atoms. The van der Waals surface area contributed by atoms with Gasteiger partial charge in [0.1, 0.15) is 0 Å². The summed E-state index contributed by atoms with van der Waals surface area (Å²) in [5.41, 5.74) is -0.106. The molecule has 1 saturated carbocycles. The Balaban J connectivity index is 1.74. The second-order valence-corrected chi connectivity index (χ2v) is 6.71. The normalized spacial score (nSPS) is 28.2. The predicted molar refractivity (Wildman–Crippen MR) is 82.8 cm³/mol. The number of piperidine rings is 1. The van der Waals surface area contributed by atoms with E-state index in [2.05, 4.69) is 12.2 Å². The molecule has 1 aliphatic carbocycles. The molecule has 1 saturated heterocycles. The molecule has 0 spiro atoms. The fourth-order valence-electron chi connectivity index (χ4n) is 3.43. The number of nitrogens with zero attached hydrogens (tertiary/aromatic N) is 1. The number of carbonyl (C=O) groups excluding carboxylic acids is 1. The minimum Gasteiger partial charge on any atom is -0.481 e. The summed E-state index contributed by atoms with van der Waals surface area (Å²) in [7, 11) is 0. The summed E-state index contributed by atoms with van der Waals surface area (Å²) in [5.74, 6) is -0.953. The number of ether oxygens (including phenoxy) is 1. The Morgan fingerprint density at radius 3 is 2.32 bits per heavy atom. The van der Waals surface area contributed by atoms with Crippen molar-refractivity contribution in [3.8, 4) is 0 Å². The first-order valence-electron chi connectivity index (χ1n) is 8.36. The van der Waals surface area contributed by atoms with E-state index >= 15 is 0 Å². The Bertz CT molecular complexity index is 397. The molecule has 0 radical (unpaired) electrons. The average Bonchev–Trinajstić information content (AvgIpc) is 2.48. The monoisotopic (exact) mass is 312 g/mol. The Morgan fingerprint density at radius 1 is 1.23 bits per heavy atom. The summed E-state index contributed by atoms with van der Waals surface area (Å²) in [4.78, 5) is 25.1. The van der Waals surface area contributed by atoms with Crippen LogP contribution in [-0.2, 0) is 9.53 Å². The van der Waals surface area contributed by atoms with Crippen molar-refractivity contribution in [2.75, 3.05) is 19.7 Å². The van der Waals surface area contributed by atoms with Gasteiger partial charge in [-0.15, -0.1) is 0 Å². The highest BCUT2D eigenvalue weighted by Crippen LogP contribution is 2.27. The van der Waals surface area contributed by atoms with E-state index in [1.807, 2.05) is 11.8 Å². The number of hydrogen-bond acceptors (Lipinski definition) is 3. The van der Waals surface area contributed by atoms with Gasteiger partial charge in [-0.1, -0.05) is 0 Å². The molecule has 2 aliphatic rings. The van der Waals surface area contributed by atoms with Crippen LogP contribution in [0.15, 0.2) is 0 Å². The Kier molecular flexibility index (Phi) is 5.67. The van der Waals surface area contributed by atoms with Crippen LogP contribution >= 0.6 is 0 Å². The lowest BCUT2D eigenvalue weighted by atomic mass is 9.86. The van der Waals surface area contributed by atoms with Crippen LogP contribution < -0.4 is 5.32 Å². The first kappa shape index (κ1) is 17.1. The summed E-state index contributed by atoms with van der Waals surface area (Å²) in [5, 5.41) is 12.1. The van der Waals surface area contributed by atoms with Crippen molar-refractivity contribution in [3.05, 3.63) is 0 Å². The van der Waals surface area contributed by atoms with E-state index in [4.69, 9.17) is 9.84 Å². The van der Waals surface area contributed by atoms with Crippen LogP contribution in [-0.4, -0.2) is 53.3 Å². The van der Waals surface area contributed by atoms with E-state index in [0.29, 0.717) is 32.5 Å². The van der Waals surface area contributed by atoms with E-state index in [1.165, 1.54) is 0 Å². The fraction of sp³-hybridized carbons (Fsp3) is 0.875. The van der Waals surface area contributed by atoms with Crippen molar-refractivity contribution in [1.82, 2.24) is 10.2 Å². The molecule has 2 N–H and O–H groups in total. The lowest BCUT2D eigenvalue weighted by molar-refractivity contribution is -0.142. The van der Waals surface area contributed by atoms with Gasteiger partial charge in [-0.25, -0.2) is 4.79 Å². The van der Waals surface area contributed by atoms with Crippen molar-refractivity contribution in [2.24, 2.45) is 5.92 Å². The van der Waals surface area contributed by atoms with Crippen LogP contribution in [0.2, 0.25) is 0 Å². The van der Waals surface area contributed by atoms with Crippen molar-refractivity contribution in [1.29, 1.82) is 0 Å². The molecule has 2 rings (SSSR count). The summed E-state index contributed by atoms with van der Waals surface area (Å²) in [6.45, 7) is 6.24. The molecular weight excluding hydrogens is 284 g/mol. The third kappa shape index (κ3) is 4.35. The van der Waals surface area contributed by atoms with Gasteiger partial charge in [-0.2, -0.15) is 0 Å². The standard InChI is InChI=1S/C16H28N2O4/c1-3-22-16(2)8-10-18(11-9-16)15(21)17-13-6-4-12(5-7-13)14(19)20/h12-13H,3-11H2,1-2H3,(H,17,21)(H,19,20). The average molecular weight is 312 g/mol. The van der Waals surface area contributed by atoms with Crippen LogP contribution in [0.3, 0.4) is 0 Å². The molecule has 126 valence electrons. The van der Waals surface area contributed by atoms with E-state index < -0.39 is 5.97 Å². The highest BCUT2D eigenvalue weighted by Gasteiger charge is 2.33. The second kappa shape index (κ2) is 7.31. The van der Waals surface area contributed by atoms with Gasteiger partial charge in [0.15, 0.2) is 0 Å². The molecular formula is C16H28N2O4. The molecule has 2 amide bonds. The number of hydrogen-bond donors (Lipinski definition) is 2. The van der Waals surface area contributed by atoms with Gasteiger partial charge in [0.25, 0.3) is 0 Å². The van der Waals surface area contributed by atoms with Crippen molar-refractivity contribution in [3.63, 3.8) is 0 Å². The smallest absolute Gasteiger partial charge is 0.317 e. The van der Waals surface area contributed by atoms with Crippen LogP contribution in [0.5, 0.6) is 0 Å². The second-order valence-electron chi connectivity index (χ2n) is 6.71. The maximum absolute atomic E-state index is 12.3. The molecule has 6 nitrogen and oxygen atoms in total. The molecule has 6 heteroatoms. The lowest BCUT2D eigenvalue weighted by Gasteiger charge is -2.39. The lowest BCUT2D eigenvalue weighted by Crippen LogP contribution is -2.52. The molecule has 22 heavy (non-hydrogen) atoms. The van der Waals surface area contributed by atoms with Crippen LogP contribution in [0.25, 0.3) is 0 Å². The van der Waals surface area contributed by atoms with Crippen molar-refractivity contribution >= 4 is 12.0 Å². The number of rotatable bonds is 4. The SMILES string of the molecule is CCOC1(C)CCN(C(=O)NC2CCC(C(=O)O)CC2)CC1. The number of carboxylic acid groups (broad SMARTS) is 1. The first-order chi connectivity index (χ1) is 10.4. The quantitative estimate of drug-likeness (QED) is 0.834. The van der Waals surface area contributed by atoms with Gasteiger partial charge in [-0.3, -0.25) is 4.79 Å². The summed E-state index contributed by atoms with van der Waals surface area (Å²) < 4.78 is 5.77. The number of carbonyl (C=O) groups is 2. The largest absolute Gasteiger partial charge is 0.481 e. The Hall–Kier alpha value is -1.30. The van der Waals surface area contributed by atoms with E-state index in [1.54, 1.807) is 0 Å². The zero-order valence-corrected chi connectivity index (χ0v) is 13.6. The Labute approximate surface area is 132 Å². The zero-order valence-electron chi connectivity index (χ0n) is 13.6. The predicted octanol–water partition coefficient (Wildman–Crippen LogP) is 2.23. The van der Waals surface area contributed by atoms with Gasteiger partial charge >= 0.3 is 12.0 Å². The molecule has 0 unspecified atom stereocenters. The van der Waals surface area contributed by atoms with Gasteiger partial charge in [0.2, 0.25) is 0 Å². The summed E-state index contributed by atoms with van der Waals surface area (Å²) >= 11 is 0. The number of urea groups is 1. The van der Waals surface area contributed by atoms with Crippen LogP contribution in [0, 0.1) is 5.92 Å². The number of nitrogens with one attached hydrogen (secondary N) is 1. The maximum Gasteiger partial charge on any atom is 0.317 e. The summed E-state index contributed by atoms with van der Waals surface area (Å²) in [6, 6.07) is 0.0978. The van der Waals surface area contributed by atoms with Gasteiger partial charge in [0.05, 0.1) is 11.5 Å².